The molecule has 134 valence electrons. The van der Waals surface area contributed by atoms with Crippen LogP contribution >= 0.6 is 0 Å². The molecule has 4 heteroatoms. The molecule has 0 radical (unpaired) electrons. The summed E-state index contributed by atoms with van der Waals surface area (Å²) in [6.45, 7) is 3.57. The van der Waals surface area contributed by atoms with E-state index in [1.165, 1.54) is 5.56 Å². The number of hydrogen-bond acceptors (Lipinski definition) is 2. The van der Waals surface area contributed by atoms with Crippen LogP contribution in [0.4, 0.5) is 0 Å². The number of benzene rings is 2. The second-order valence-electron chi connectivity index (χ2n) is 6.43. The summed E-state index contributed by atoms with van der Waals surface area (Å²) in [5.41, 5.74) is 3.28. The zero-order valence-electron chi connectivity index (χ0n) is 15.2. The number of aryl methyl sites for hydroxylation is 1. The maximum Gasteiger partial charge on any atom is 0.223 e. The molecular formula is C22H25N3O. The van der Waals surface area contributed by atoms with Gasteiger partial charge in [0.1, 0.15) is 0 Å². The third kappa shape index (κ3) is 4.82. The Morgan fingerprint density at radius 1 is 1.00 bits per heavy atom. The summed E-state index contributed by atoms with van der Waals surface area (Å²) in [6.07, 6.45) is 6.03. The molecule has 0 saturated heterocycles. The van der Waals surface area contributed by atoms with Crippen LogP contribution in [0, 0.1) is 0 Å². The van der Waals surface area contributed by atoms with E-state index >= 15 is 0 Å². The number of hydrogen-bond donors (Lipinski definition) is 0. The first-order chi connectivity index (χ1) is 12.8. The van der Waals surface area contributed by atoms with Crippen LogP contribution in [-0.4, -0.2) is 27.1 Å². The zero-order valence-corrected chi connectivity index (χ0v) is 15.2. The van der Waals surface area contributed by atoms with E-state index in [1.807, 2.05) is 70.5 Å². The monoisotopic (exact) mass is 347 g/mol. The van der Waals surface area contributed by atoms with Crippen molar-refractivity contribution in [1.29, 1.82) is 0 Å². The van der Waals surface area contributed by atoms with E-state index in [-0.39, 0.29) is 5.91 Å². The number of carbonyl (C=O) groups excluding carboxylic acids is 1. The number of aromatic nitrogens is 2. The third-order valence-corrected chi connectivity index (χ3v) is 4.35. The van der Waals surface area contributed by atoms with Crippen LogP contribution in [-0.2, 0) is 17.8 Å². The predicted octanol–water partition coefficient (Wildman–Crippen LogP) is 4.24. The maximum atomic E-state index is 12.7. The maximum absolute atomic E-state index is 12.7. The molecule has 2 aromatic carbocycles. The SMILES string of the molecule is CCCN(Cc1ccccc1)C(=O)CCc1cnn(-c2ccccc2)c1. The highest BCUT2D eigenvalue weighted by Gasteiger charge is 2.13. The molecular weight excluding hydrogens is 322 g/mol. The summed E-state index contributed by atoms with van der Waals surface area (Å²) in [5.74, 6) is 0.197. The minimum absolute atomic E-state index is 0.197. The molecule has 0 aliphatic heterocycles. The van der Waals surface area contributed by atoms with Crippen molar-refractivity contribution in [2.24, 2.45) is 0 Å². The molecule has 0 spiro atoms. The van der Waals surface area contributed by atoms with Crippen molar-refractivity contribution in [1.82, 2.24) is 14.7 Å². The first kappa shape index (κ1) is 17.9. The zero-order chi connectivity index (χ0) is 18.2. The van der Waals surface area contributed by atoms with Crippen LogP contribution in [0.15, 0.2) is 73.1 Å². The topological polar surface area (TPSA) is 38.1 Å². The minimum atomic E-state index is 0.197. The Morgan fingerprint density at radius 2 is 1.69 bits per heavy atom. The molecule has 0 aliphatic carbocycles. The van der Waals surface area contributed by atoms with Crippen LogP contribution in [0.3, 0.4) is 0 Å². The van der Waals surface area contributed by atoms with Gasteiger partial charge in [0.2, 0.25) is 5.91 Å². The summed E-state index contributed by atoms with van der Waals surface area (Å²) in [7, 11) is 0. The van der Waals surface area contributed by atoms with Gasteiger partial charge in [-0.05, 0) is 36.1 Å². The van der Waals surface area contributed by atoms with Gasteiger partial charge in [0, 0.05) is 25.7 Å². The quantitative estimate of drug-likeness (QED) is 0.611. The molecule has 26 heavy (non-hydrogen) atoms. The molecule has 3 aromatic rings. The number of rotatable bonds is 8. The molecule has 3 rings (SSSR count). The standard InChI is InChI=1S/C22H25N3O/c1-2-15-24(17-19-9-5-3-6-10-19)22(26)14-13-20-16-23-25(18-20)21-11-7-4-8-12-21/h3-12,16,18H,2,13-15,17H2,1H3. The highest BCUT2D eigenvalue weighted by atomic mass is 16.2. The predicted molar refractivity (Wildman–Crippen MR) is 104 cm³/mol. The van der Waals surface area contributed by atoms with E-state index in [0.29, 0.717) is 19.4 Å². The van der Waals surface area contributed by atoms with E-state index in [0.717, 1.165) is 24.2 Å². The van der Waals surface area contributed by atoms with E-state index in [2.05, 4.69) is 24.2 Å². The largest absolute Gasteiger partial charge is 0.338 e. The van der Waals surface area contributed by atoms with Gasteiger partial charge in [-0.1, -0.05) is 55.5 Å². The van der Waals surface area contributed by atoms with Gasteiger partial charge in [-0.2, -0.15) is 5.10 Å². The van der Waals surface area contributed by atoms with Crippen molar-refractivity contribution < 1.29 is 4.79 Å². The Labute approximate surface area is 155 Å². The Kier molecular flexibility index (Phi) is 6.20. The summed E-state index contributed by atoms with van der Waals surface area (Å²) in [5, 5.41) is 4.41. The number of nitrogens with zero attached hydrogens (tertiary/aromatic N) is 3. The second kappa shape index (κ2) is 8.99. The molecule has 4 nitrogen and oxygen atoms in total. The Bertz CT molecular complexity index is 812. The molecule has 1 heterocycles. The fraction of sp³-hybridized carbons (Fsp3) is 0.273. The summed E-state index contributed by atoms with van der Waals surface area (Å²) < 4.78 is 1.85. The van der Waals surface area contributed by atoms with Crippen molar-refractivity contribution in [2.75, 3.05) is 6.54 Å². The summed E-state index contributed by atoms with van der Waals surface area (Å²) in [4.78, 5) is 14.6. The average molecular weight is 347 g/mol. The number of carbonyl (C=O) groups is 1. The molecule has 0 saturated carbocycles. The van der Waals surface area contributed by atoms with E-state index in [9.17, 15) is 4.79 Å². The highest BCUT2D eigenvalue weighted by molar-refractivity contribution is 5.76. The van der Waals surface area contributed by atoms with Gasteiger partial charge in [0.25, 0.3) is 0 Å². The molecule has 0 unspecified atom stereocenters. The van der Waals surface area contributed by atoms with Gasteiger partial charge in [-0.3, -0.25) is 4.79 Å². The van der Waals surface area contributed by atoms with Crippen LogP contribution in [0.25, 0.3) is 5.69 Å². The number of para-hydroxylation sites is 1. The molecule has 0 bridgehead atoms. The van der Waals surface area contributed by atoms with Crippen LogP contribution in [0.5, 0.6) is 0 Å². The lowest BCUT2D eigenvalue weighted by molar-refractivity contribution is -0.131. The second-order valence-corrected chi connectivity index (χ2v) is 6.43. The average Bonchev–Trinajstić information content (AvgIpc) is 3.16. The van der Waals surface area contributed by atoms with Crippen molar-refractivity contribution in [3.05, 3.63) is 84.2 Å². The molecule has 0 N–H and O–H groups in total. The molecule has 0 aliphatic rings. The van der Waals surface area contributed by atoms with Crippen LogP contribution in [0.2, 0.25) is 0 Å². The van der Waals surface area contributed by atoms with E-state index < -0.39 is 0 Å². The Morgan fingerprint density at radius 3 is 2.38 bits per heavy atom. The lowest BCUT2D eigenvalue weighted by Gasteiger charge is -2.22. The summed E-state index contributed by atoms with van der Waals surface area (Å²) >= 11 is 0. The first-order valence-electron chi connectivity index (χ1n) is 9.17. The Balaban J connectivity index is 1.59. The first-order valence-corrected chi connectivity index (χ1v) is 9.17. The molecule has 1 aromatic heterocycles. The molecule has 0 fully saturated rings. The lowest BCUT2D eigenvalue weighted by Crippen LogP contribution is -2.31. The molecule has 0 atom stereocenters. The van der Waals surface area contributed by atoms with Crippen LogP contribution in [0.1, 0.15) is 30.9 Å². The van der Waals surface area contributed by atoms with Gasteiger partial charge in [-0.15, -0.1) is 0 Å². The highest BCUT2D eigenvalue weighted by Crippen LogP contribution is 2.12. The fourth-order valence-corrected chi connectivity index (χ4v) is 2.99. The van der Waals surface area contributed by atoms with Crippen molar-refractivity contribution in [3.8, 4) is 5.69 Å². The van der Waals surface area contributed by atoms with Crippen LogP contribution < -0.4 is 0 Å². The van der Waals surface area contributed by atoms with Gasteiger partial charge >= 0.3 is 0 Å². The number of amides is 1. The fourth-order valence-electron chi connectivity index (χ4n) is 2.99. The Hall–Kier alpha value is -2.88. The summed E-state index contributed by atoms with van der Waals surface area (Å²) in [6, 6.07) is 20.2. The van der Waals surface area contributed by atoms with E-state index in [4.69, 9.17) is 0 Å². The van der Waals surface area contributed by atoms with Crippen molar-refractivity contribution in [3.63, 3.8) is 0 Å². The minimum Gasteiger partial charge on any atom is -0.338 e. The molecule has 1 amide bonds. The van der Waals surface area contributed by atoms with Crippen molar-refractivity contribution >= 4 is 5.91 Å². The normalized spacial score (nSPS) is 10.7. The van der Waals surface area contributed by atoms with Gasteiger partial charge in [-0.25, -0.2) is 4.68 Å². The van der Waals surface area contributed by atoms with Crippen molar-refractivity contribution in [2.45, 2.75) is 32.7 Å². The van der Waals surface area contributed by atoms with Gasteiger partial charge < -0.3 is 4.90 Å². The van der Waals surface area contributed by atoms with Gasteiger partial charge in [0.15, 0.2) is 0 Å². The van der Waals surface area contributed by atoms with E-state index in [1.54, 1.807) is 0 Å². The van der Waals surface area contributed by atoms with Gasteiger partial charge in [0.05, 0.1) is 11.9 Å². The smallest absolute Gasteiger partial charge is 0.223 e. The lowest BCUT2D eigenvalue weighted by atomic mass is 10.1. The third-order valence-electron chi connectivity index (χ3n) is 4.35.